The van der Waals surface area contributed by atoms with Crippen molar-refractivity contribution in [3.05, 3.63) is 60.7 Å². The van der Waals surface area contributed by atoms with Crippen LogP contribution in [-0.4, -0.2) is 0 Å². The van der Waals surface area contributed by atoms with Crippen LogP contribution in [-0.2, 0) is 26.2 Å². The maximum absolute atomic E-state index is 2.00. The zero-order chi connectivity index (χ0) is 7.07. The monoisotopic (exact) mass is 256 g/mol. The molecule has 0 heterocycles. The predicted molar refractivity (Wildman–Crippen MR) is 51.3 cm³/mol. The van der Waals surface area contributed by atoms with E-state index in [1.807, 2.05) is 60.7 Å². The van der Waals surface area contributed by atoms with E-state index < -0.39 is 0 Å². The minimum Gasteiger partial charge on any atom is -0.214 e. The summed E-state index contributed by atoms with van der Waals surface area (Å²) in [5.41, 5.74) is 0. The van der Waals surface area contributed by atoms with E-state index in [-0.39, 0.29) is 38.6 Å². The van der Waals surface area contributed by atoms with Crippen LogP contribution in [0.15, 0.2) is 60.7 Å². The largest absolute Gasteiger partial charge is 2.00 e. The van der Waals surface area contributed by atoms with Gasteiger partial charge in [-0.3, -0.25) is 0 Å². The molecule has 0 unspecified atom stereocenters. The fourth-order valence-corrected chi connectivity index (χ4v) is 0.642. The summed E-state index contributed by atoms with van der Waals surface area (Å²) < 4.78 is 0. The molecule has 0 aliphatic rings. The summed E-state index contributed by atoms with van der Waals surface area (Å²) in [6.07, 6.45) is 0. The van der Waals surface area contributed by atoms with Crippen molar-refractivity contribution in [3.8, 4) is 0 Å². The Labute approximate surface area is 98.9 Å². The average Bonchev–Trinajstić information content (AvgIpc) is 2.67. The van der Waals surface area contributed by atoms with Crippen molar-refractivity contribution >= 4 is 12.4 Å². The van der Waals surface area contributed by atoms with Crippen molar-refractivity contribution in [3.63, 3.8) is 0 Å². The Morgan fingerprint density at radius 2 is 0.833 bits per heavy atom. The van der Waals surface area contributed by atoms with Crippen LogP contribution in [0.5, 0.6) is 0 Å². The fourth-order valence-electron chi connectivity index (χ4n) is 0.642. The van der Waals surface area contributed by atoms with Gasteiger partial charge in [-0.05, 0) is 0 Å². The van der Waals surface area contributed by atoms with Gasteiger partial charge >= 0.3 is 26.2 Å². The van der Waals surface area contributed by atoms with Crippen LogP contribution in [0, 0.1) is 0 Å². The molecule has 0 aromatic heterocycles. The molecule has 0 N–H and O–H groups in total. The standard InChI is InChI=1S/2C5H5.ClH.Zr/c2*1-2-4-5-3-1;;/h2*1-5H;1H;/q2*-1;;+2. The molecule has 2 aromatic carbocycles. The summed E-state index contributed by atoms with van der Waals surface area (Å²) in [4.78, 5) is 0. The second-order valence-electron chi connectivity index (χ2n) is 1.92. The summed E-state index contributed by atoms with van der Waals surface area (Å²) in [5, 5.41) is 0. The van der Waals surface area contributed by atoms with Crippen LogP contribution in [0.4, 0.5) is 0 Å². The Bertz CT molecular complexity index is 149. The van der Waals surface area contributed by atoms with E-state index in [4.69, 9.17) is 0 Å². The van der Waals surface area contributed by atoms with Gasteiger partial charge in [0.15, 0.2) is 0 Å². The van der Waals surface area contributed by atoms with Crippen molar-refractivity contribution in [2.45, 2.75) is 0 Å². The first kappa shape index (κ1) is 14.4. The smallest absolute Gasteiger partial charge is 0.214 e. The molecule has 2 rings (SSSR count). The number of halogens is 1. The van der Waals surface area contributed by atoms with E-state index in [1.165, 1.54) is 0 Å². The molecule has 62 valence electrons. The molecule has 0 radical (unpaired) electrons. The fraction of sp³-hybridized carbons (Fsp3) is 0. The summed E-state index contributed by atoms with van der Waals surface area (Å²) in [5.74, 6) is 0. The molecule has 0 spiro atoms. The number of hydrogen-bond acceptors (Lipinski definition) is 0. The number of rotatable bonds is 0. The summed E-state index contributed by atoms with van der Waals surface area (Å²) in [6.45, 7) is 0. The van der Waals surface area contributed by atoms with Crippen LogP contribution < -0.4 is 0 Å². The molecule has 0 saturated carbocycles. The number of hydrogen-bond donors (Lipinski definition) is 0. The molecule has 0 atom stereocenters. The van der Waals surface area contributed by atoms with Crippen molar-refractivity contribution in [2.75, 3.05) is 0 Å². The SMILES string of the molecule is Cl.[Zr+2].c1cc[cH-]c1.c1cc[cH-]c1. The van der Waals surface area contributed by atoms with Crippen molar-refractivity contribution in [1.82, 2.24) is 0 Å². The third-order valence-electron chi connectivity index (χ3n) is 1.11. The van der Waals surface area contributed by atoms with Gasteiger partial charge in [0.05, 0.1) is 0 Å². The van der Waals surface area contributed by atoms with Crippen LogP contribution in [0.3, 0.4) is 0 Å². The molecule has 0 nitrogen and oxygen atoms in total. The third kappa shape index (κ3) is 7.97. The molecule has 2 heteroatoms. The van der Waals surface area contributed by atoms with E-state index in [0.717, 1.165) is 0 Å². The van der Waals surface area contributed by atoms with Crippen molar-refractivity contribution in [1.29, 1.82) is 0 Å². The molecule has 0 fully saturated rings. The predicted octanol–water partition coefficient (Wildman–Crippen LogP) is 3.23. The molecule has 0 bridgehead atoms. The second-order valence-corrected chi connectivity index (χ2v) is 1.92. The van der Waals surface area contributed by atoms with Gasteiger partial charge in [-0.25, -0.2) is 24.3 Å². The van der Waals surface area contributed by atoms with Crippen LogP contribution in [0.1, 0.15) is 0 Å². The van der Waals surface area contributed by atoms with Gasteiger partial charge in [-0.15, -0.1) is 12.4 Å². The van der Waals surface area contributed by atoms with E-state index in [2.05, 4.69) is 0 Å². The minimum atomic E-state index is 0. The third-order valence-corrected chi connectivity index (χ3v) is 1.11. The summed E-state index contributed by atoms with van der Waals surface area (Å²) >= 11 is 0. The Balaban J connectivity index is 0. The zero-order valence-corrected chi connectivity index (χ0v) is 9.96. The zero-order valence-electron chi connectivity index (χ0n) is 6.68. The average molecular weight is 258 g/mol. The van der Waals surface area contributed by atoms with Crippen LogP contribution in [0.2, 0.25) is 0 Å². The summed E-state index contributed by atoms with van der Waals surface area (Å²) in [7, 11) is 0. The van der Waals surface area contributed by atoms with Gasteiger partial charge < -0.3 is 0 Å². The quantitative estimate of drug-likeness (QED) is 0.636. The second kappa shape index (κ2) is 10.9. The Morgan fingerprint density at radius 1 is 0.583 bits per heavy atom. The first-order chi connectivity index (χ1) is 5.00. The van der Waals surface area contributed by atoms with Crippen molar-refractivity contribution < 1.29 is 26.2 Å². The van der Waals surface area contributed by atoms with E-state index in [0.29, 0.717) is 0 Å². The van der Waals surface area contributed by atoms with Gasteiger partial charge in [0.25, 0.3) is 0 Å². The van der Waals surface area contributed by atoms with Crippen LogP contribution in [0.25, 0.3) is 0 Å². The molecule has 2 aromatic rings. The first-order valence-electron chi connectivity index (χ1n) is 3.33. The van der Waals surface area contributed by atoms with Gasteiger partial charge in [0, 0.05) is 0 Å². The van der Waals surface area contributed by atoms with E-state index in [9.17, 15) is 0 Å². The molecule has 0 aliphatic heterocycles. The topological polar surface area (TPSA) is 0 Å². The molecular formula is C10H11ClZr. The molecule has 12 heavy (non-hydrogen) atoms. The molecule has 0 saturated heterocycles. The van der Waals surface area contributed by atoms with Gasteiger partial charge in [-0.1, -0.05) is 0 Å². The maximum Gasteiger partial charge on any atom is 2.00 e. The minimum absolute atomic E-state index is 0. The molecule has 0 amide bonds. The van der Waals surface area contributed by atoms with Crippen molar-refractivity contribution in [2.24, 2.45) is 0 Å². The van der Waals surface area contributed by atoms with E-state index >= 15 is 0 Å². The Hall–Kier alpha value is -0.127. The summed E-state index contributed by atoms with van der Waals surface area (Å²) in [6, 6.07) is 20.0. The van der Waals surface area contributed by atoms with Gasteiger partial charge in [0.1, 0.15) is 0 Å². The Morgan fingerprint density at radius 3 is 0.917 bits per heavy atom. The molecule has 0 aliphatic carbocycles. The van der Waals surface area contributed by atoms with E-state index in [1.54, 1.807) is 0 Å². The first-order valence-corrected chi connectivity index (χ1v) is 3.33. The van der Waals surface area contributed by atoms with Gasteiger partial charge in [0.2, 0.25) is 0 Å². The molecular weight excluding hydrogens is 247 g/mol. The normalized spacial score (nSPS) is 6.67. The van der Waals surface area contributed by atoms with Gasteiger partial charge in [-0.2, -0.15) is 36.4 Å². The van der Waals surface area contributed by atoms with Crippen LogP contribution >= 0.6 is 12.4 Å². The maximum atomic E-state index is 2.00. The Kier molecular flexibility index (Phi) is 13.0.